The average molecular weight is 299 g/mol. The molecule has 88 valence electrons. The topological polar surface area (TPSA) is 17.1 Å². The number of rotatable bonds is 2. The molecular formula is C10H7BrF4O. The van der Waals surface area contributed by atoms with Crippen LogP contribution in [-0.2, 0) is 6.18 Å². The van der Waals surface area contributed by atoms with Crippen LogP contribution < -0.4 is 0 Å². The summed E-state index contributed by atoms with van der Waals surface area (Å²) < 4.78 is 50.3. The number of carbonyl (C=O) groups excluding carboxylic acids is 1. The Labute approximate surface area is 97.6 Å². The summed E-state index contributed by atoms with van der Waals surface area (Å²) in [5, 5.41) is 0. The number of benzene rings is 1. The molecule has 1 aromatic carbocycles. The van der Waals surface area contributed by atoms with Crippen molar-refractivity contribution in [3.05, 3.63) is 35.1 Å². The summed E-state index contributed by atoms with van der Waals surface area (Å²) in [6, 6.07) is 2.00. The fraction of sp³-hybridized carbons (Fsp3) is 0.300. The molecule has 1 rings (SSSR count). The van der Waals surface area contributed by atoms with E-state index < -0.39 is 33.7 Å². The Morgan fingerprint density at radius 1 is 1.38 bits per heavy atom. The van der Waals surface area contributed by atoms with Crippen LogP contribution in [0.4, 0.5) is 17.6 Å². The Morgan fingerprint density at radius 2 is 1.94 bits per heavy atom. The maximum absolute atomic E-state index is 12.7. The van der Waals surface area contributed by atoms with Crippen molar-refractivity contribution in [2.75, 3.05) is 0 Å². The molecule has 0 heterocycles. The predicted molar refractivity (Wildman–Crippen MR) is 54.1 cm³/mol. The van der Waals surface area contributed by atoms with E-state index in [4.69, 9.17) is 0 Å². The first kappa shape index (κ1) is 13.2. The molecule has 1 nitrogen and oxygen atoms in total. The first-order chi connectivity index (χ1) is 7.23. The Balaban J connectivity index is 3.34. The molecular weight excluding hydrogens is 292 g/mol. The van der Waals surface area contributed by atoms with Crippen molar-refractivity contribution >= 4 is 21.7 Å². The van der Waals surface area contributed by atoms with E-state index in [1.807, 2.05) is 0 Å². The molecule has 0 saturated carbocycles. The highest BCUT2D eigenvalue weighted by molar-refractivity contribution is 9.10. The van der Waals surface area contributed by atoms with Gasteiger partial charge in [0.1, 0.15) is 5.82 Å². The molecule has 0 aliphatic carbocycles. The van der Waals surface area contributed by atoms with Gasteiger partial charge in [-0.3, -0.25) is 4.79 Å². The van der Waals surface area contributed by atoms with E-state index in [0.29, 0.717) is 6.07 Å². The highest BCUT2D eigenvalue weighted by Gasteiger charge is 2.36. The molecule has 0 N–H and O–H groups in total. The summed E-state index contributed by atoms with van der Waals surface area (Å²) in [5.41, 5.74) is -1.78. The smallest absolute Gasteiger partial charge is 0.293 e. The van der Waals surface area contributed by atoms with Crippen LogP contribution in [-0.4, -0.2) is 10.6 Å². The summed E-state index contributed by atoms with van der Waals surface area (Å²) in [5.74, 6) is -1.75. The van der Waals surface area contributed by atoms with Crippen molar-refractivity contribution in [3.63, 3.8) is 0 Å². The van der Waals surface area contributed by atoms with E-state index in [-0.39, 0.29) is 0 Å². The van der Waals surface area contributed by atoms with Crippen molar-refractivity contribution < 1.29 is 22.4 Å². The van der Waals surface area contributed by atoms with Crippen molar-refractivity contribution in [1.82, 2.24) is 0 Å². The zero-order chi connectivity index (χ0) is 12.5. The van der Waals surface area contributed by atoms with Crippen LogP contribution in [0.15, 0.2) is 18.2 Å². The van der Waals surface area contributed by atoms with Gasteiger partial charge in [-0.05, 0) is 25.1 Å². The molecule has 0 aromatic heterocycles. The first-order valence-electron chi connectivity index (χ1n) is 4.28. The van der Waals surface area contributed by atoms with Gasteiger partial charge in [0.15, 0.2) is 5.78 Å². The Morgan fingerprint density at radius 3 is 2.38 bits per heavy atom. The van der Waals surface area contributed by atoms with Gasteiger partial charge in [0.2, 0.25) is 0 Å². The lowest BCUT2D eigenvalue weighted by molar-refractivity contribution is -0.138. The number of ketones is 1. The monoisotopic (exact) mass is 298 g/mol. The number of carbonyl (C=O) groups is 1. The lowest BCUT2D eigenvalue weighted by atomic mass is 10.0. The summed E-state index contributed by atoms with van der Waals surface area (Å²) >= 11 is 2.89. The zero-order valence-corrected chi connectivity index (χ0v) is 9.69. The van der Waals surface area contributed by atoms with Crippen LogP contribution in [0.3, 0.4) is 0 Å². The van der Waals surface area contributed by atoms with E-state index in [9.17, 15) is 22.4 Å². The molecule has 0 amide bonds. The molecule has 1 atom stereocenters. The lowest BCUT2D eigenvalue weighted by Crippen LogP contribution is -2.18. The summed E-state index contributed by atoms with van der Waals surface area (Å²) in [6.07, 6.45) is -4.74. The third-order valence-corrected chi connectivity index (χ3v) is 2.33. The normalized spacial score (nSPS) is 13.6. The quantitative estimate of drug-likeness (QED) is 0.461. The van der Waals surface area contributed by atoms with Gasteiger partial charge in [0.05, 0.1) is 10.4 Å². The third-order valence-electron chi connectivity index (χ3n) is 1.91. The second-order valence-corrected chi connectivity index (χ2v) is 4.54. The number of Topliss-reactive ketones (excluding diaryl/α,β-unsaturated/α-hetero) is 1. The van der Waals surface area contributed by atoms with E-state index >= 15 is 0 Å². The molecule has 0 aliphatic heterocycles. The van der Waals surface area contributed by atoms with Crippen molar-refractivity contribution in [2.45, 2.75) is 17.9 Å². The van der Waals surface area contributed by atoms with E-state index in [1.54, 1.807) is 0 Å². The first-order valence-corrected chi connectivity index (χ1v) is 5.20. The van der Waals surface area contributed by atoms with Crippen LogP contribution >= 0.6 is 15.9 Å². The molecule has 0 bridgehead atoms. The van der Waals surface area contributed by atoms with Gasteiger partial charge in [-0.25, -0.2) is 4.39 Å². The van der Waals surface area contributed by atoms with Gasteiger partial charge in [-0.1, -0.05) is 15.9 Å². The van der Waals surface area contributed by atoms with Crippen LogP contribution in [0.25, 0.3) is 0 Å². The van der Waals surface area contributed by atoms with Gasteiger partial charge >= 0.3 is 6.18 Å². The predicted octanol–water partition coefficient (Wildman–Crippen LogP) is 3.81. The Bertz CT molecular complexity index is 412. The van der Waals surface area contributed by atoms with Gasteiger partial charge < -0.3 is 0 Å². The lowest BCUT2D eigenvalue weighted by Gasteiger charge is -2.12. The molecule has 6 heteroatoms. The van der Waals surface area contributed by atoms with Crippen LogP contribution in [0.1, 0.15) is 22.8 Å². The van der Waals surface area contributed by atoms with E-state index in [1.165, 1.54) is 6.92 Å². The molecule has 16 heavy (non-hydrogen) atoms. The molecule has 0 spiro atoms. The number of halogens is 5. The zero-order valence-electron chi connectivity index (χ0n) is 8.11. The fourth-order valence-electron chi connectivity index (χ4n) is 1.18. The summed E-state index contributed by atoms with van der Waals surface area (Å²) in [6.45, 7) is 1.41. The molecule has 0 saturated heterocycles. The van der Waals surface area contributed by atoms with Gasteiger partial charge in [0, 0.05) is 5.56 Å². The number of hydrogen-bond donors (Lipinski definition) is 0. The van der Waals surface area contributed by atoms with Crippen molar-refractivity contribution in [3.8, 4) is 0 Å². The van der Waals surface area contributed by atoms with Crippen LogP contribution in [0, 0.1) is 5.82 Å². The minimum absolute atomic E-state index is 0.322. The van der Waals surface area contributed by atoms with E-state index in [0.717, 1.165) is 12.1 Å². The number of hydrogen-bond acceptors (Lipinski definition) is 1. The standard InChI is InChI=1S/C10H7BrF4O/c1-5(11)9(16)7-3-2-6(12)4-8(7)10(13,14)15/h2-5H,1H3. The minimum atomic E-state index is -4.74. The van der Waals surface area contributed by atoms with Gasteiger partial charge in [-0.15, -0.1) is 0 Å². The maximum atomic E-state index is 12.7. The SMILES string of the molecule is CC(Br)C(=O)c1ccc(F)cc1C(F)(F)F. The van der Waals surface area contributed by atoms with Crippen LogP contribution in [0.2, 0.25) is 0 Å². The second kappa shape index (κ2) is 4.53. The highest BCUT2D eigenvalue weighted by atomic mass is 79.9. The maximum Gasteiger partial charge on any atom is 0.417 e. The Hall–Kier alpha value is -0.910. The molecule has 1 aromatic rings. The second-order valence-electron chi connectivity index (χ2n) is 3.17. The number of alkyl halides is 4. The fourth-order valence-corrected chi connectivity index (χ4v) is 1.43. The van der Waals surface area contributed by atoms with Crippen LogP contribution in [0.5, 0.6) is 0 Å². The van der Waals surface area contributed by atoms with Gasteiger partial charge in [0.25, 0.3) is 0 Å². The highest BCUT2D eigenvalue weighted by Crippen LogP contribution is 2.33. The summed E-state index contributed by atoms with van der Waals surface area (Å²) in [4.78, 5) is 10.7. The minimum Gasteiger partial charge on any atom is -0.293 e. The molecule has 0 radical (unpaired) electrons. The Kier molecular flexibility index (Phi) is 3.72. The molecule has 0 fully saturated rings. The van der Waals surface area contributed by atoms with E-state index in [2.05, 4.69) is 15.9 Å². The third kappa shape index (κ3) is 2.81. The summed E-state index contributed by atoms with van der Waals surface area (Å²) in [7, 11) is 0. The van der Waals surface area contributed by atoms with Crippen molar-refractivity contribution in [2.24, 2.45) is 0 Å². The van der Waals surface area contributed by atoms with Gasteiger partial charge in [-0.2, -0.15) is 13.2 Å². The van der Waals surface area contributed by atoms with Crippen molar-refractivity contribution in [1.29, 1.82) is 0 Å². The average Bonchev–Trinajstić information content (AvgIpc) is 2.15. The molecule has 0 aliphatic rings. The molecule has 1 unspecified atom stereocenters. The largest absolute Gasteiger partial charge is 0.417 e.